The fourth-order valence-corrected chi connectivity index (χ4v) is 5.49. The first-order chi connectivity index (χ1) is 15.9. The second-order valence-electron chi connectivity index (χ2n) is 11.3. The predicted octanol–water partition coefficient (Wildman–Crippen LogP) is -0.404. The Labute approximate surface area is 199 Å². The fraction of sp³-hybridized carbons (Fsp3) is 0.792. The summed E-state index contributed by atoms with van der Waals surface area (Å²) in [6.07, 6.45) is 2.27. The Kier molecular flexibility index (Phi) is 6.48. The molecule has 0 aromatic heterocycles. The molecule has 5 atom stereocenters. The average molecular weight is 477 g/mol. The fourth-order valence-electron chi connectivity index (χ4n) is 5.49. The number of fused-ring (bicyclic) bond motifs is 1. The van der Waals surface area contributed by atoms with Crippen molar-refractivity contribution < 1.29 is 28.7 Å². The normalized spacial score (nSPS) is 29.0. The number of hydrogen-bond acceptors (Lipinski definition) is 6. The number of amides is 4. The molecule has 4 rings (SSSR count). The van der Waals surface area contributed by atoms with Crippen molar-refractivity contribution >= 4 is 29.4 Å². The van der Waals surface area contributed by atoms with Crippen molar-refractivity contribution in [1.82, 2.24) is 15.5 Å². The molecule has 4 N–H and O–H groups in total. The van der Waals surface area contributed by atoms with E-state index in [9.17, 15) is 24.0 Å². The highest BCUT2D eigenvalue weighted by Gasteiger charge is 2.69. The number of nitrogens with two attached hydrogens (primary N) is 1. The molecule has 10 heteroatoms. The van der Waals surface area contributed by atoms with Gasteiger partial charge in [0.2, 0.25) is 23.5 Å². The summed E-state index contributed by atoms with van der Waals surface area (Å²) in [5.74, 6) is -2.90. The van der Waals surface area contributed by atoms with E-state index in [-0.39, 0.29) is 46.8 Å². The first kappa shape index (κ1) is 24.6. The molecule has 0 radical (unpaired) electrons. The van der Waals surface area contributed by atoms with E-state index in [0.717, 1.165) is 12.8 Å². The van der Waals surface area contributed by atoms with Crippen LogP contribution in [0.5, 0.6) is 0 Å². The third kappa shape index (κ3) is 4.56. The topological polar surface area (TPSA) is 148 Å². The van der Waals surface area contributed by atoms with Gasteiger partial charge in [0, 0.05) is 18.4 Å². The monoisotopic (exact) mass is 476 g/mol. The molecule has 2 heterocycles. The number of Topliss-reactive ketones (excluding diaryl/α,β-unsaturated/α-hetero) is 1. The Balaban J connectivity index is 1.54. The molecule has 2 saturated heterocycles. The van der Waals surface area contributed by atoms with Crippen LogP contribution < -0.4 is 16.4 Å². The van der Waals surface area contributed by atoms with E-state index in [1.54, 1.807) is 18.7 Å². The third-order valence-electron chi connectivity index (χ3n) is 8.13. The highest BCUT2D eigenvalue weighted by atomic mass is 16.5. The average Bonchev–Trinajstić information content (AvgIpc) is 3.57. The van der Waals surface area contributed by atoms with Crippen LogP contribution in [-0.2, 0) is 28.7 Å². The summed E-state index contributed by atoms with van der Waals surface area (Å²) < 4.78 is 5.27. The first-order valence-corrected chi connectivity index (χ1v) is 12.3. The van der Waals surface area contributed by atoms with Crippen LogP contribution >= 0.6 is 0 Å². The minimum atomic E-state index is -1.07. The Hall–Kier alpha value is -2.49. The molecule has 0 bridgehead atoms. The minimum Gasteiger partial charge on any atom is -0.380 e. The van der Waals surface area contributed by atoms with Crippen LogP contribution in [0.4, 0.5) is 0 Å². The summed E-state index contributed by atoms with van der Waals surface area (Å²) in [6.45, 7) is 8.80. The van der Waals surface area contributed by atoms with Gasteiger partial charge in [0.15, 0.2) is 0 Å². The van der Waals surface area contributed by atoms with Gasteiger partial charge in [-0.1, -0.05) is 40.5 Å². The van der Waals surface area contributed by atoms with Crippen molar-refractivity contribution in [3.8, 4) is 0 Å². The van der Waals surface area contributed by atoms with Crippen molar-refractivity contribution in [2.24, 2.45) is 40.7 Å². The van der Waals surface area contributed by atoms with E-state index in [0.29, 0.717) is 26.2 Å². The van der Waals surface area contributed by atoms with Crippen LogP contribution in [0, 0.1) is 35.0 Å². The lowest BCUT2D eigenvalue weighted by Gasteiger charge is -2.38. The molecule has 2 aliphatic heterocycles. The van der Waals surface area contributed by atoms with E-state index in [1.807, 2.05) is 0 Å². The zero-order valence-corrected chi connectivity index (χ0v) is 20.3. The molecule has 188 valence electrons. The number of nitrogens with zero attached hydrogens (tertiary/aromatic N) is 1. The maximum atomic E-state index is 13.7. The number of hydrogen-bond donors (Lipinski definition) is 3. The number of rotatable bonds is 10. The predicted molar refractivity (Wildman–Crippen MR) is 121 cm³/mol. The number of ketones is 1. The van der Waals surface area contributed by atoms with Gasteiger partial charge in [-0.2, -0.15) is 0 Å². The van der Waals surface area contributed by atoms with Gasteiger partial charge in [0.05, 0.1) is 19.3 Å². The molecule has 4 amide bonds. The Morgan fingerprint density at radius 3 is 2.24 bits per heavy atom. The molecule has 2 saturated carbocycles. The lowest BCUT2D eigenvalue weighted by molar-refractivity contribution is -0.150. The third-order valence-corrected chi connectivity index (χ3v) is 8.13. The van der Waals surface area contributed by atoms with E-state index >= 15 is 0 Å². The minimum absolute atomic E-state index is 0.0548. The number of nitrogens with one attached hydrogen (secondary N) is 2. The van der Waals surface area contributed by atoms with Crippen LogP contribution in [0.1, 0.15) is 47.0 Å². The summed E-state index contributed by atoms with van der Waals surface area (Å²) in [6, 6.07) is -2.52. The van der Waals surface area contributed by atoms with Gasteiger partial charge in [0.1, 0.15) is 12.1 Å². The molecule has 2 aliphatic carbocycles. The Morgan fingerprint density at radius 2 is 1.74 bits per heavy atom. The zero-order valence-electron chi connectivity index (χ0n) is 20.3. The summed E-state index contributed by atoms with van der Waals surface area (Å²) >= 11 is 0. The second kappa shape index (κ2) is 8.94. The number of piperidine rings is 1. The van der Waals surface area contributed by atoms with Gasteiger partial charge in [-0.3, -0.25) is 24.0 Å². The quantitative estimate of drug-likeness (QED) is 0.365. The van der Waals surface area contributed by atoms with Gasteiger partial charge < -0.3 is 26.0 Å². The van der Waals surface area contributed by atoms with Crippen molar-refractivity contribution in [1.29, 1.82) is 0 Å². The van der Waals surface area contributed by atoms with Gasteiger partial charge >= 0.3 is 0 Å². The van der Waals surface area contributed by atoms with Crippen LogP contribution in [0.15, 0.2) is 0 Å². The molecular formula is C24H36N4O6. The number of carbonyl (C=O) groups is 5. The number of ether oxygens (including phenoxy) is 1. The van der Waals surface area contributed by atoms with Crippen molar-refractivity contribution in [3.05, 3.63) is 0 Å². The highest BCUT2D eigenvalue weighted by Crippen LogP contribution is 2.65. The van der Waals surface area contributed by atoms with E-state index < -0.39 is 35.7 Å². The van der Waals surface area contributed by atoms with Gasteiger partial charge in [-0.05, 0) is 29.6 Å². The largest absolute Gasteiger partial charge is 0.380 e. The lowest BCUT2D eigenvalue weighted by Crippen LogP contribution is -2.61. The summed E-state index contributed by atoms with van der Waals surface area (Å²) in [5, 5.41) is 5.61. The molecule has 4 aliphatic rings. The molecule has 10 nitrogen and oxygen atoms in total. The Morgan fingerprint density at radius 1 is 1.09 bits per heavy atom. The smallest absolute Gasteiger partial charge is 0.287 e. The maximum Gasteiger partial charge on any atom is 0.287 e. The summed E-state index contributed by atoms with van der Waals surface area (Å²) in [4.78, 5) is 65.1. The van der Waals surface area contributed by atoms with Crippen LogP contribution in [0.2, 0.25) is 0 Å². The molecule has 0 aromatic rings. The van der Waals surface area contributed by atoms with E-state index in [1.165, 1.54) is 0 Å². The zero-order chi connectivity index (χ0) is 24.9. The van der Waals surface area contributed by atoms with Crippen molar-refractivity contribution in [2.45, 2.75) is 65.1 Å². The Bertz CT molecular complexity index is 894. The van der Waals surface area contributed by atoms with Crippen molar-refractivity contribution in [2.75, 3.05) is 19.8 Å². The van der Waals surface area contributed by atoms with E-state index in [2.05, 4.69) is 24.5 Å². The van der Waals surface area contributed by atoms with Crippen LogP contribution in [-0.4, -0.2) is 72.2 Å². The highest BCUT2D eigenvalue weighted by molar-refractivity contribution is 6.37. The first-order valence-electron chi connectivity index (χ1n) is 12.3. The lowest BCUT2D eigenvalue weighted by atomic mass is 9.93. The standard InChI is InChI=1S/C24H36N4O6/c1-11(2)21(31)27-17(13-9-34-10-13)23(33)28-8-14-16(24(14,3)4)18(28)22(32)26-15(7-12-5-6-12)19(29)20(25)30/h11-18H,5-10H2,1-4H3,(H2,25,30)(H,26,32)(H,27,31)/t14-,15?,16-,17?,18-/m0/s1. The molecule has 2 unspecified atom stereocenters. The SMILES string of the molecule is CC(C)C(=O)NC(C(=O)N1C[C@H]2[C@@H]([C@H]1C(=O)NC(CC1CC1)C(=O)C(N)=O)C2(C)C)C1COC1. The van der Waals surface area contributed by atoms with Crippen LogP contribution in [0.25, 0.3) is 0 Å². The molecule has 34 heavy (non-hydrogen) atoms. The summed E-state index contributed by atoms with van der Waals surface area (Å²) in [7, 11) is 0. The van der Waals surface area contributed by atoms with E-state index in [4.69, 9.17) is 10.5 Å². The summed E-state index contributed by atoms with van der Waals surface area (Å²) in [5.41, 5.74) is 5.11. The number of carbonyl (C=O) groups excluding carboxylic acids is 5. The number of primary amides is 1. The second-order valence-corrected chi connectivity index (χ2v) is 11.3. The maximum absolute atomic E-state index is 13.7. The molecular weight excluding hydrogens is 440 g/mol. The molecule has 0 aromatic carbocycles. The van der Waals surface area contributed by atoms with Gasteiger partial charge in [0.25, 0.3) is 5.91 Å². The van der Waals surface area contributed by atoms with Gasteiger partial charge in [-0.25, -0.2) is 0 Å². The van der Waals surface area contributed by atoms with Gasteiger partial charge in [-0.15, -0.1) is 0 Å². The van der Waals surface area contributed by atoms with Crippen LogP contribution in [0.3, 0.4) is 0 Å². The molecule has 0 spiro atoms. The molecule has 4 fully saturated rings. The number of likely N-dealkylation sites (tertiary alicyclic amines) is 1. The van der Waals surface area contributed by atoms with Crippen molar-refractivity contribution in [3.63, 3.8) is 0 Å².